The van der Waals surface area contributed by atoms with Gasteiger partial charge in [-0.25, -0.2) is 0 Å². The average molecular weight is 304 g/mol. The lowest BCUT2D eigenvalue weighted by atomic mass is 10.2. The van der Waals surface area contributed by atoms with Gasteiger partial charge >= 0.3 is 0 Å². The summed E-state index contributed by atoms with van der Waals surface area (Å²) in [6.07, 6.45) is 0. The van der Waals surface area contributed by atoms with E-state index in [0.717, 1.165) is 20.9 Å². The zero-order valence-corrected chi connectivity index (χ0v) is 13.6. The first-order valence-corrected chi connectivity index (χ1v) is 10.5. The molecule has 20 heavy (non-hydrogen) atoms. The molecule has 0 heterocycles. The van der Waals surface area contributed by atoms with Gasteiger partial charge in [-0.2, -0.15) is 0 Å². The fourth-order valence-corrected chi connectivity index (χ4v) is 6.44. The second-order valence-corrected chi connectivity index (χ2v) is 12.4. The first-order valence-electron chi connectivity index (χ1n) is 6.25. The van der Waals surface area contributed by atoms with Crippen LogP contribution in [0.4, 0.5) is 0 Å². The van der Waals surface area contributed by atoms with Crippen LogP contribution in [-0.2, 0) is 8.55 Å². The Bertz CT molecular complexity index is 734. The van der Waals surface area contributed by atoms with E-state index < -0.39 is 16.8 Å². The van der Waals surface area contributed by atoms with Gasteiger partial charge in [-0.15, -0.1) is 8.24 Å². The molecule has 3 heteroatoms. The molecule has 0 bridgehead atoms. The topological polar surface area (TPSA) is 17.1 Å². The second-order valence-electron chi connectivity index (χ2n) is 5.05. The SMILES string of the molecule is C=S(=C)(c1ccc(C)cc1)S(=C)(=O)c1ccc(C)cc1. The molecule has 0 saturated heterocycles. The van der Waals surface area contributed by atoms with Crippen LogP contribution in [0.3, 0.4) is 0 Å². The van der Waals surface area contributed by atoms with Crippen molar-refractivity contribution in [1.82, 2.24) is 0 Å². The minimum Gasteiger partial charge on any atom is -0.253 e. The van der Waals surface area contributed by atoms with E-state index in [9.17, 15) is 4.21 Å². The predicted octanol–water partition coefficient (Wildman–Crippen LogP) is 4.02. The number of hydrogen-bond donors (Lipinski definition) is 0. The van der Waals surface area contributed by atoms with E-state index in [4.69, 9.17) is 0 Å². The van der Waals surface area contributed by atoms with Gasteiger partial charge in [0.1, 0.15) is 0 Å². The fourth-order valence-electron chi connectivity index (χ4n) is 1.87. The van der Waals surface area contributed by atoms with Crippen LogP contribution >= 0.6 is 8.24 Å². The maximum atomic E-state index is 13.2. The van der Waals surface area contributed by atoms with E-state index >= 15 is 0 Å². The second kappa shape index (κ2) is 5.15. The fraction of sp³-hybridized carbons (Fsp3) is 0.118. The standard InChI is InChI=1S/C17H20OS2/c1-14-6-10-16(11-7-14)19(3,4)20(5,18)17-12-8-15(2)9-13-17/h6-13H,3-5H2,1-2H3. The summed E-state index contributed by atoms with van der Waals surface area (Å²) in [5.74, 6) is 12.3. The van der Waals surface area contributed by atoms with E-state index in [1.165, 1.54) is 0 Å². The van der Waals surface area contributed by atoms with Crippen molar-refractivity contribution in [3.05, 3.63) is 59.7 Å². The summed E-state index contributed by atoms with van der Waals surface area (Å²) < 4.78 is 13.2. The van der Waals surface area contributed by atoms with Gasteiger partial charge in [0.15, 0.2) is 0 Å². The Balaban J connectivity index is 2.58. The van der Waals surface area contributed by atoms with Crippen LogP contribution in [-0.4, -0.2) is 21.8 Å². The number of hydrogen-bond acceptors (Lipinski definition) is 1. The summed E-state index contributed by atoms with van der Waals surface area (Å²) in [7, 11) is -4.56. The van der Waals surface area contributed by atoms with Crippen molar-refractivity contribution in [2.75, 3.05) is 0 Å². The van der Waals surface area contributed by atoms with E-state index in [-0.39, 0.29) is 0 Å². The van der Waals surface area contributed by atoms with Crippen LogP contribution in [0.1, 0.15) is 11.1 Å². The lowest BCUT2D eigenvalue weighted by Crippen LogP contribution is -2.01. The Morgan fingerprint density at radius 2 is 1.05 bits per heavy atom. The summed E-state index contributed by atoms with van der Waals surface area (Å²) >= 11 is 0. The smallest absolute Gasteiger partial charge is 0.0398 e. The summed E-state index contributed by atoms with van der Waals surface area (Å²) in [6, 6.07) is 15.6. The molecule has 0 fully saturated rings. The van der Waals surface area contributed by atoms with Gasteiger partial charge in [0, 0.05) is 18.3 Å². The molecular formula is C17H20OS2. The Morgan fingerprint density at radius 3 is 1.45 bits per heavy atom. The molecule has 0 aliphatic rings. The maximum Gasteiger partial charge on any atom is 0.0398 e. The van der Waals surface area contributed by atoms with Crippen molar-refractivity contribution >= 4 is 34.4 Å². The third kappa shape index (κ3) is 2.56. The molecule has 0 amide bonds. The van der Waals surface area contributed by atoms with E-state index in [0.29, 0.717) is 0 Å². The lowest BCUT2D eigenvalue weighted by molar-refractivity contribution is 0.690. The minimum absolute atomic E-state index is 0.726. The van der Waals surface area contributed by atoms with Gasteiger partial charge in [0.25, 0.3) is 0 Å². The third-order valence-electron chi connectivity index (χ3n) is 3.35. The first kappa shape index (κ1) is 14.9. The van der Waals surface area contributed by atoms with Crippen LogP contribution in [0.5, 0.6) is 0 Å². The normalized spacial score (nSPS) is 14.7. The first-order chi connectivity index (χ1) is 9.25. The van der Waals surface area contributed by atoms with Gasteiger partial charge in [0.2, 0.25) is 0 Å². The zero-order valence-electron chi connectivity index (χ0n) is 12.0. The van der Waals surface area contributed by atoms with Gasteiger partial charge in [0.05, 0.1) is 0 Å². The van der Waals surface area contributed by atoms with E-state index in [2.05, 4.69) is 17.6 Å². The molecular weight excluding hydrogens is 284 g/mol. The molecule has 0 aromatic heterocycles. The maximum absolute atomic E-state index is 13.2. The van der Waals surface area contributed by atoms with Gasteiger partial charge < -0.3 is 0 Å². The molecule has 1 unspecified atom stereocenters. The largest absolute Gasteiger partial charge is 0.253 e. The Hall–Kier alpha value is -1.45. The molecule has 0 aliphatic heterocycles. The van der Waals surface area contributed by atoms with Gasteiger partial charge in [-0.05, 0) is 44.0 Å². The molecule has 2 rings (SSSR count). The molecule has 1 atom stereocenters. The number of rotatable bonds is 3. The van der Waals surface area contributed by atoms with Gasteiger partial charge in [-0.3, -0.25) is 4.21 Å². The molecule has 1 nitrogen and oxygen atoms in total. The van der Waals surface area contributed by atoms with Crippen LogP contribution < -0.4 is 0 Å². The monoisotopic (exact) mass is 304 g/mol. The average Bonchev–Trinajstić information content (AvgIpc) is 2.39. The number of aryl methyl sites for hydroxylation is 2. The zero-order chi connectivity index (χ0) is 15.0. The van der Waals surface area contributed by atoms with Crippen LogP contribution in [0.15, 0.2) is 58.3 Å². The predicted molar refractivity (Wildman–Crippen MR) is 96.0 cm³/mol. The lowest BCUT2D eigenvalue weighted by Gasteiger charge is -2.21. The quantitative estimate of drug-likeness (QED) is 0.618. The highest BCUT2D eigenvalue weighted by molar-refractivity contribution is 8.88. The van der Waals surface area contributed by atoms with Crippen molar-refractivity contribution in [2.45, 2.75) is 23.6 Å². The Morgan fingerprint density at radius 1 is 0.700 bits per heavy atom. The van der Waals surface area contributed by atoms with Crippen LogP contribution in [0.2, 0.25) is 0 Å². The molecule has 0 aliphatic carbocycles. The van der Waals surface area contributed by atoms with E-state index in [1.54, 1.807) is 0 Å². The molecule has 0 N–H and O–H groups in total. The van der Waals surface area contributed by atoms with Crippen molar-refractivity contribution in [1.29, 1.82) is 0 Å². The summed E-state index contributed by atoms with van der Waals surface area (Å²) in [5, 5.41) is 0. The third-order valence-corrected chi connectivity index (χ3v) is 10.7. The molecule has 0 radical (unpaired) electrons. The van der Waals surface area contributed by atoms with Crippen LogP contribution in [0.25, 0.3) is 0 Å². The molecule has 2 aromatic rings. The van der Waals surface area contributed by atoms with Gasteiger partial charge in [-0.1, -0.05) is 47.1 Å². The highest BCUT2D eigenvalue weighted by atomic mass is 33.2. The summed E-state index contributed by atoms with van der Waals surface area (Å²) in [5.41, 5.74) is 2.29. The van der Waals surface area contributed by atoms with Crippen LogP contribution in [0, 0.1) is 13.8 Å². The van der Waals surface area contributed by atoms with Crippen molar-refractivity contribution in [3.8, 4) is 0 Å². The Kier molecular flexibility index (Phi) is 3.85. The number of benzene rings is 2. The molecule has 106 valence electrons. The summed E-state index contributed by atoms with van der Waals surface area (Å²) in [4.78, 5) is 1.65. The summed E-state index contributed by atoms with van der Waals surface area (Å²) in [6.45, 7) is 4.03. The minimum atomic E-state index is -2.56. The highest BCUT2D eigenvalue weighted by Gasteiger charge is 2.16. The van der Waals surface area contributed by atoms with E-state index in [1.807, 2.05) is 62.4 Å². The molecule has 2 aromatic carbocycles. The molecule has 0 saturated carbocycles. The van der Waals surface area contributed by atoms with Crippen molar-refractivity contribution < 1.29 is 4.21 Å². The highest BCUT2D eigenvalue weighted by Crippen LogP contribution is 2.42. The molecule has 0 spiro atoms. The Labute approximate surface area is 122 Å². The van der Waals surface area contributed by atoms with Crippen molar-refractivity contribution in [2.24, 2.45) is 0 Å². The van der Waals surface area contributed by atoms with Crippen molar-refractivity contribution in [3.63, 3.8) is 0 Å².